The molecule has 6 heteroatoms. The molecule has 3 rings (SSSR count). The molecule has 2 N–H and O–H groups in total. The van der Waals surface area contributed by atoms with E-state index in [-0.39, 0.29) is 6.10 Å². The minimum absolute atomic E-state index is 0.240. The Morgan fingerprint density at radius 3 is 2.71 bits per heavy atom. The molecule has 2 aromatic rings. The number of β-amino-alcohol motifs (C(OH)–C–C–N with tert-alkyl or cyclic N) is 1. The number of aromatic nitrogens is 2. The molecule has 6 nitrogen and oxygen atoms in total. The van der Waals surface area contributed by atoms with Crippen molar-refractivity contribution in [3.05, 3.63) is 36.2 Å². The molecule has 1 unspecified atom stereocenters. The van der Waals surface area contributed by atoms with Crippen LogP contribution in [0.1, 0.15) is 25.7 Å². The van der Waals surface area contributed by atoms with Gasteiger partial charge in [0, 0.05) is 12.1 Å². The first kappa shape index (κ1) is 17.1. The fourth-order valence-corrected chi connectivity index (χ4v) is 3.15. The van der Waals surface area contributed by atoms with Gasteiger partial charge in [0.2, 0.25) is 11.8 Å². The molecule has 1 aromatic heterocycles. The molecule has 2 heterocycles. The van der Waals surface area contributed by atoms with Crippen molar-refractivity contribution in [1.29, 1.82) is 0 Å². The molecule has 0 radical (unpaired) electrons. The first-order chi connectivity index (χ1) is 11.7. The summed E-state index contributed by atoms with van der Waals surface area (Å²) >= 11 is 0. The van der Waals surface area contributed by atoms with E-state index in [1.54, 1.807) is 0 Å². The summed E-state index contributed by atoms with van der Waals surface area (Å²) in [6.07, 6.45) is 2.09. The maximum atomic E-state index is 9.45. The Bertz CT molecular complexity index is 606. The molecule has 1 aliphatic rings. The second-order valence-corrected chi connectivity index (χ2v) is 6.59. The molecule has 1 aromatic carbocycles. The van der Waals surface area contributed by atoms with Gasteiger partial charge in [0.05, 0.1) is 12.6 Å². The van der Waals surface area contributed by atoms with Gasteiger partial charge in [-0.25, -0.2) is 0 Å². The SMILES string of the molecule is CC(O)CN1CCC(CNCc2nnc(-c3ccccc3)o2)CC1. The van der Waals surface area contributed by atoms with Gasteiger partial charge < -0.3 is 19.7 Å². The van der Waals surface area contributed by atoms with Gasteiger partial charge in [-0.3, -0.25) is 0 Å². The summed E-state index contributed by atoms with van der Waals surface area (Å²) in [6.45, 7) is 6.33. The summed E-state index contributed by atoms with van der Waals surface area (Å²) < 4.78 is 5.70. The van der Waals surface area contributed by atoms with Crippen LogP contribution in [-0.4, -0.2) is 52.5 Å². The summed E-state index contributed by atoms with van der Waals surface area (Å²) in [7, 11) is 0. The average Bonchev–Trinajstić information content (AvgIpc) is 3.06. The molecular weight excluding hydrogens is 304 g/mol. The zero-order valence-electron chi connectivity index (χ0n) is 14.2. The van der Waals surface area contributed by atoms with E-state index < -0.39 is 0 Å². The molecule has 1 fully saturated rings. The highest BCUT2D eigenvalue weighted by molar-refractivity contribution is 5.51. The van der Waals surface area contributed by atoms with Crippen molar-refractivity contribution >= 4 is 0 Å². The van der Waals surface area contributed by atoms with Crippen LogP contribution in [0, 0.1) is 5.92 Å². The summed E-state index contributed by atoms with van der Waals surface area (Å²) in [5.41, 5.74) is 0.946. The van der Waals surface area contributed by atoms with Gasteiger partial charge >= 0.3 is 0 Å². The lowest BCUT2D eigenvalue weighted by atomic mass is 9.96. The minimum atomic E-state index is -0.240. The molecule has 1 aliphatic heterocycles. The number of aliphatic hydroxyl groups is 1. The number of hydrogen-bond donors (Lipinski definition) is 2. The standard InChI is InChI=1S/C18H26N4O2/c1-14(23)13-22-9-7-15(8-10-22)11-19-12-17-20-21-18(24-17)16-5-3-2-4-6-16/h2-6,14-15,19,23H,7-13H2,1H3. The van der Waals surface area contributed by atoms with E-state index in [2.05, 4.69) is 20.4 Å². The number of likely N-dealkylation sites (tertiary alicyclic amines) is 1. The normalized spacial score (nSPS) is 17.9. The van der Waals surface area contributed by atoms with Gasteiger partial charge in [0.15, 0.2) is 0 Å². The largest absolute Gasteiger partial charge is 0.419 e. The lowest BCUT2D eigenvalue weighted by molar-refractivity contribution is 0.0997. The minimum Gasteiger partial charge on any atom is -0.419 e. The van der Waals surface area contributed by atoms with Crippen molar-refractivity contribution in [2.45, 2.75) is 32.4 Å². The molecule has 130 valence electrons. The molecule has 1 atom stereocenters. The Morgan fingerprint density at radius 2 is 2.00 bits per heavy atom. The number of nitrogens with one attached hydrogen (secondary N) is 1. The Kier molecular flexibility index (Phi) is 5.96. The Labute approximate surface area is 142 Å². The van der Waals surface area contributed by atoms with E-state index in [4.69, 9.17) is 4.42 Å². The van der Waals surface area contributed by atoms with Gasteiger partial charge in [-0.2, -0.15) is 0 Å². The van der Waals surface area contributed by atoms with Crippen LogP contribution in [0.4, 0.5) is 0 Å². The van der Waals surface area contributed by atoms with E-state index in [9.17, 15) is 5.11 Å². The Morgan fingerprint density at radius 1 is 1.25 bits per heavy atom. The number of nitrogens with zero attached hydrogens (tertiary/aromatic N) is 3. The molecule has 0 saturated carbocycles. The van der Waals surface area contributed by atoms with Crippen molar-refractivity contribution in [3.8, 4) is 11.5 Å². The molecule has 1 saturated heterocycles. The highest BCUT2D eigenvalue weighted by Crippen LogP contribution is 2.18. The fourth-order valence-electron chi connectivity index (χ4n) is 3.15. The van der Waals surface area contributed by atoms with E-state index in [1.807, 2.05) is 37.3 Å². The highest BCUT2D eigenvalue weighted by atomic mass is 16.4. The number of aliphatic hydroxyl groups excluding tert-OH is 1. The molecule has 0 aliphatic carbocycles. The predicted molar refractivity (Wildman–Crippen MR) is 92.3 cm³/mol. The van der Waals surface area contributed by atoms with Gasteiger partial charge in [0.25, 0.3) is 0 Å². The van der Waals surface area contributed by atoms with Crippen LogP contribution in [0.5, 0.6) is 0 Å². The van der Waals surface area contributed by atoms with Crippen LogP contribution >= 0.6 is 0 Å². The van der Waals surface area contributed by atoms with Crippen LogP contribution in [0.3, 0.4) is 0 Å². The maximum Gasteiger partial charge on any atom is 0.247 e. The van der Waals surface area contributed by atoms with Gasteiger partial charge in [-0.15, -0.1) is 10.2 Å². The van der Waals surface area contributed by atoms with Gasteiger partial charge in [-0.1, -0.05) is 18.2 Å². The molecular formula is C18H26N4O2. The van der Waals surface area contributed by atoms with E-state index >= 15 is 0 Å². The fraction of sp³-hybridized carbons (Fsp3) is 0.556. The first-order valence-corrected chi connectivity index (χ1v) is 8.69. The van der Waals surface area contributed by atoms with Crippen LogP contribution in [0.2, 0.25) is 0 Å². The average molecular weight is 330 g/mol. The number of hydrogen-bond acceptors (Lipinski definition) is 6. The topological polar surface area (TPSA) is 74.4 Å². The van der Waals surface area contributed by atoms with Crippen molar-refractivity contribution < 1.29 is 9.52 Å². The van der Waals surface area contributed by atoms with Crippen LogP contribution in [-0.2, 0) is 6.54 Å². The van der Waals surface area contributed by atoms with E-state index in [0.717, 1.165) is 31.7 Å². The predicted octanol–water partition coefficient (Wildman–Crippen LogP) is 1.92. The summed E-state index contributed by atoms with van der Waals surface area (Å²) in [6, 6.07) is 9.81. The molecule has 0 amide bonds. The smallest absolute Gasteiger partial charge is 0.247 e. The van der Waals surface area contributed by atoms with Crippen LogP contribution < -0.4 is 5.32 Å². The lowest BCUT2D eigenvalue weighted by Gasteiger charge is -2.32. The van der Waals surface area contributed by atoms with E-state index in [0.29, 0.717) is 24.2 Å². The number of benzene rings is 1. The number of rotatable bonds is 7. The van der Waals surface area contributed by atoms with Gasteiger partial charge in [-0.05, 0) is 57.5 Å². The third-order valence-electron chi connectivity index (χ3n) is 4.43. The summed E-state index contributed by atoms with van der Waals surface area (Å²) in [4.78, 5) is 2.34. The first-order valence-electron chi connectivity index (χ1n) is 8.69. The molecule has 24 heavy (non-hydrogen) atoms. The maximum absolute atomic E-state index is 9.45. The summed E-state index contributed by atoms with van der Waals surface area (Å²) in [5.74, 6) is 1.87. The third-order valence-corrected chi connectivity index (χ3v) is 4.43. The zero-order valence-corrected chi connectivity index (χ0v) is 14.2. The summed E-state index contributed by atoms with van der Waals surface area (Å²) in [5, 5.41) is 21.1. The number of piperidine rings is 1. The highest BCUT2D eigenvalue weighted by Gasteiger charge is 2.19. The molecule has 0 bridgehead atoms. The third kappa shape index (κ3) is 4.87. The van der Waals surface area contributed by atoms with Crippen molar-refractivity contribution in [1.82, 2.24) is 20.4 Å². The zero-order chi connectivity index (χ0) is 16.8. The Hall–Kier alpha value is -1.76. The quantitative estimate of drug-likeness (QED) is 0.808. The van der Waals surface area contributed by atoms with Crippen LogP contribution in [0.15, 0.2) is 34.7 Å². The second-order valence-electron chi connectivity index (χ2n) is 6.59. The second kappa shape index (κ2) is 8.37. The lowest BCUT2D eigenvalue weighted by Crippen LogP contribution is -2.40. The van der Waals surface area contributed by atoms with Crippen molar-refractivity contribution in [2.24, 2.45) is 5.92 Å². The monoisotopic (exact) mass is 330 g/mol. The molecule has 0 spiro atoms. The van der Waals surface area contributed by atoms with E-state index in [1.165, 1.54) is 12.8 Å². The van der Waals surface area contributed by atoms with Crippen LogP contribution in [0.25, 0.3) is 11.5 Å². The Balaban J connectivity index is 1.39. The van der Waals surface area contributed by atoms with Crippen molar-refractivity contribution in [3.63, 3.8) is 0 Å². The van der Waals surface area contributed by atoms with Crippen molar-refractivity contribution in [2.75, 3.05) is 26.2 Å². The van der Waals surface area contributed by atoms with Gasteiger partial charge in [0.1, 0.15) is 0 Å².